The van der Waals surface area contributed by atoms with Gasteiger partial charge in [0.25, 0.3) is 0 Å². The molecule has 140 valence electrons. The number of carboxylic acid groups (broad SMARTS) is 1. The third-order valence-corrected chi connectivity index (χ3v) is 5.77. The number of nitrogens with one attached hydrogen (secondary N) is 1. The zero-order valence-corrected chi connectivity index (χ0v) is 16.0. The first-order valence-electron chi connectivity index (χ1n) is 8.92. The minimum Gasteiger partial charge on any atom is -0.480 e. The van der Waals surface area contributed by atoms with Crippen LogP contribution in [0.1, 0.15) is 38.4 Å². The highest BCUT2D eigenvalue weighted by molar-refractivity contribution is 7.97. The van der Waals surface area contributed by atoms with E-state index in [0.717, 1.165) is 29.7 Å². The van der Waals surface area contributed by atoms with Gasteiger partial charge in [-0.05, 0) is 50.0 Å². The Morgan fingerprint density at radius 1 is 1.35 bits per heavy atom. The van der Waals surface area contributed by atoms with Crippen LogP contribution in [-0.2, 0) is 21.9 Å². The quantitative estimate of drug-likeness (QED) is 0.811. The highest BCUT2D eigenvalue weighted by Crippen LogP contribution is 2.32. The Balaban J connectivity index is 1.82. The van der Waals surface area contributed by atoms with Crippen molar-refractivity contribution in [1.29, 1.82) is 0 Å². The number of imidazole rings is 1. The van der Waals surface area contributed by atoms with E-state index in [4.69, 9.17) is 0 Å². The summed E-state index contributed by atoms with van der Waals surface area (Å²) in [5, 5.41) is 12.6. The van der Waals surface area contributed by atoms with E-state index in [0.29, 0.717) is 24.5 Å². The molecule has 1 fully saturated rings. The molecule has 1 aliphatic carbocycles. The number of fused-ring (bicyclic) bond motifs is 1. The molecule has 0 aliphatic heterocycles. The molecule has 1 aliphatic rings. The van der Waals surface area contributed by atoms with Gasteiger partial charge < -0.3 is 15.0 Å². The number of hydrogen-bond acceptors (Lipinski definition) is 4. The molecule has 3 rings (SSSR count). The van der Waals surface area contributed by atoms with Gasteiger partial charge in [0.1, 0.15) is 17.9 Å². The standard InChI is InChI=1S/C19H25N3O3S/c1-13-7-9-19(10-8-13,18(24)25)21-17(23)11-22-15-6-4-3-5-14(15)20-16(22)12-26-2/h3-6,13H,7-12H2,1-2H3,(H,21,23)(H,24,25). The fourth-order valence-electron chi connectivity index (χ4n) is 3.64. The molecular weight excluding hydrogens is 350 g/mol. The molecule has 1 heterocycles. The second kappa shape index (κ2) is 7.70. The minimum absolute atomic E-state index is 0.0843. The maximum Gasteiger partial charge on any atom is 0.329 e. The smallest absolute Gasteiger partial charge is 0.329 e. The molecule has 0 spiro atoms. The molecule has 1 saturated carbocycles. The number of rotatable bonds is 6. The maximum absolute atomic E-state index is 12.7. The molecule has 1 aromatic carbocycles. The average Bonchev–Trinajstić information content (AvgIpc) is 2.95. The van der Waals surface area contributed by atoms with Crippen LogP contribution in [0.4, 0.5) is 0 Å². The number of carbonyl (C=O) groups is 2. The Hall–Kier alpha value is -2.02. The molecule has 1 aromatic heterocycles. The number of amides is 1. The maximum atomic E-state index is 12.7. The first kappa shape index (κ1) is 18.8. The van der Waals surface area contributed by atoms with E-state index >= 15 is 0 Å². The van der Waals surface area contributed by atoms with E-state index in [9.17, 15) is 14.7 Å². The number of para-hydroxylation sites is 2. The van der Waals surface area contributed by atoms with Crippen LogP contribution in [-0.4, -0.2) is 38.3 Å². The molecule has 2 N–H and O–H groups in total. The van der Waals surface area contributed by atoms with Crippen LogP contribution in [0, 0.1) is 5.92 Å². The van der Waals surface area contributed by atoms with Gasteiger partial charge in [-0.3, -0.25) is 4.79 Å². The molecule has 0 bridgehead atoms. The molecule has 6 nitrogen and oxygen atoms in total. The van der Waals surface area contributed by atoms with Crippen LogP contribution in [0.2, 0.25) is 0 Å². The molecule has 1 amide bonds. The molecule has 0 atom stereocenters. The lowest BCUT2D eigenvalue weighted by molar-refractivity contribution is -0.149. The first-order chi connectivity index (χ1) is 12.4. The van der Waals surface area contributed by atoms with Crippen molar-refractivity contribution in [2.24, 2.45) is 5.92 Å². The lowest BCUT2D eigenvalue weighted by Crippen LogP contribution is -2.56. The summed E-state index contributed by atoms with van der Waals surface area (Å²) in [6.45, 7) is 2.21. The Morgan fingerprint density at radius 3 is 2.69 bits per heavy atom. The Morgan fingerprint density at radius 2 is 2.04 bits per heavy atom. The van der Waals surface area contributed by atoms with Crippen molar-refractivity contribution in [3.63, 3.8) is 0 Å². The summed E-state index contributed by atoms with van der Waals surface area (Å²) in [4.78, 5) is 29.2. The van der Waals surface area contributed by atoms with Crippen molar-refractivity contribution >= 4 is 34.7 Å². The number of aromatic nitrogens is 2. The minimum atomic E-state index is -1.14. The molecule has 7 heteroatoms. The molecule has 0 radical (unpaired) electrons. The summed E-state index contributed by atoms with van der Waals surface area (Å²) in [5.41, 5.74) is 0.608. The van der Waals surface area contributed by atoms with Crippen LogP contribution in [0.15, 0.2) is 24.3 Å². The topological polar surface area (TPSA) is 84.2 Å². The number of aliphatic carboxylic acids is 1. The number of carboxylic acids is 1. The SMILES string of the molecule is CSCc1nc2ccccc2n1CC(=O)NC1(C(=O)O)CCC(C)CC1. The summed E-state index contributed by atoms with van der Waals surface area (Å²) in [5.74, 6) is 0.828. The second-order valence-corrected chi connectivity index (χ2v) is 8.02. The van der Waals surface area contributed by atoms with Crippen LogP contribution in [0.25, 0.3) is 11.0 Å². The van der Waals surface area contributed by atoms with Crippen molar-refractivity contribution in [2.75, 3.05) is 6.26 Å². The fraction of sp³-hybridized carbons (Fsp3) is 0.526. The van der Waals surface area contributed by atoms with Crippen LogP contribution in [0.3, 0.4) is 0 Å². The van der Waals surface area contributed by atoms with E-state index in [-0.39, 0.29) is 12.5 Å². The van der Waals surface area contributed by atoms with E-state index in [2.05, 4.69) is 17.2 Å². The lowest BCUT2D eigenvalue weighted by Gasteiger charge is -2.36. The zero-order chi connectivity index (χ0) is 18.7. The summed E-state index contributed by atoms with van der Waals surface area (Å²) >= 11 is 1.64. The van der Waals surface area contributed by atoms with Crippen LogP contribution < -0.4 is 5.32 Å². The summed E-state index contributed by atoms with van der Waals surface area (Å²) in [6.07, 6.45) is 4.60. The van der Waals surface area contributed by atoms with Gasteiger partial charge >= 0.3 is 5.97 Å². The molecule has 26 heavy (non-hydrogen) atoms. The number of hydrogen-bond donors (Lipinski definition) is 2. The first-order valence-corrected chi connectivity index (χ1v) is 10.3. The highest BCUT2D eigenvalue weighted by atomic mass is 32.2. The number of carbonyl (C=O) groups excluding carboxylic acids is 1. The van der Waals surface area contributed by atoms with Crippen molar-refractivity contribution in [3.05, 3.63) is 30.1 Å². The predicted octanol–water partition coefficient (Wildman–Crippen LogP) is 3.05. The summed E-state index contributed by atoms with van der Waals surface area (Å²) in [6, 6.07) is 7.71. The van der Waals surface area contributed by atoms with Crippen molar-refractivity contribution < 1.29 is 14.7 Å². The van der Waals surface area contributed by atoms with Gasteiger partial charge in [-0.25, -0.2) is 9.78 Å². The predicted molar refractivity (Wildman–Crippen MR) is 103 cm³/mol. The highest BCUT2D eigenvalue weighted by Gasteiger charge is 2.42. The van der Waals surface area contributed by atoms with E-state index in [1.165, 1.54) is 0 Å². The zero-order valence-electron chi connectivity index (χ0n) is 15.2. The van der Waals surface area contributed by atoms with Crippen LogP contribution >= 0.6 is 11.8 Å². The van der Waals surface area contributed by atoms with E-state index in [1.54, 1.807) is 11.8 Å². The van der Waals surface area contributed by atoms with E-state index in [1.807, 2.05) is 35.1 Å². The second-order valence-electron chi connectivity index (χ2n) is 7.15. The van der Waals surface area contributed by atoms with Crippen molar-refractivity contribution in [1.82, 2.24) is 14.9 Å². The van der Waals surface area contributed by atoms with Gasteiger partial charge in [-0.2, -0.15) is 11.8 Å². The molecule has 2 aromatic rings. The van der Waals surface area contributed by atoms with E-state index < -0.39 is 11.5 Å². The van der Waals surface area contributed by atoms with Gasteiger partial charge in [0.15, 0.2) is 0 Å². The third kappa shape index (κ3) is 3.72. The van der Waals surface area contributed by atoms with Gasteiger partial charge in [-0.1, -0.05) is 19.1 Å². The van der Waals surface area contributed by atoms with Gasteiger partial charge in [0.2, 0.25) is 5.91 Å². The monoisotopic (exact) mass is 375 g/mol. The summed E-state index contributed by atoms with van der Waals surface area (Å²) < 4.78 is 1.89. The fourth-order valence-corrected chi connectivity index (χ4v) is 4.12. The normalized spacial score (nSPS) is 23.1. The number of thioether (sulfide) groups is 1. The molecule has 0 unspecified atom stereocenters. The van der Waals surface area contributed by atoms with Gasteiger partial charge in [-0.15, -0.1) is 0 Å². The average molecular weight is 375 g/mol. The van der Waals surface area contributed by atoms with Gasteiger partial charge in [0.05, 0.1) is 16.8 Å². The Bertz CT molecular complexity index is 809. The Kier molecular flexibility index (Phi) is 5.55. The lowest BCUT2D eigenvalue weighted by atomic mass is 9.77. The van der Waals surface area contributed by atoms with Gasteiger partial charge in [0, 0.05) is 0 Å². The number of nitrogens with zero attached hydrogens (tertiary/aromatic N) is 2. The Labute approximate surface area is 157 Å². The largest absolute Gasteiger partial charge is 0.480 e. The molecular formula is C19H25N3O3S. The number of benzene rings is 1. The molecule has 0 saturated heterocycles. The van der Waals surface area contributed by atoms with Crippen molar-refractivity contribution in [2.45, 2.75) is 50.4 Å². The third-order valence-electron chi connectivity index (χ3n) is 5.22. The summed E-state index contributed by atoms with van der Waals surface area (Å²) in [7, 11) is 0. The van der Waals surface area contributed by atoms with Crippen molar-refractivity contribution in [3.8, 4) is 0 Å². The van der Waals surface area contributed by atoms with Crippen LogP contribution in [0.5, 0.6) is 0 Å².